The average Bonchev–Trinajstić information content (AvgIpc) is 2.91. The van der Waals surface area contributed by atoms with E-state index >= 15 is 0 Å². The summed E-state index contributed by atoms with van der Waals surface area (Å²) in [5, 5.41) is 6.91. The highest BCUT2D eigenvalue weighted by Gasteiger charge is 2.11. The van der Waals surface area contributed by atoms with E-state index in [9.17, 15) is 4.79 Å². The molecular weight excluding hydrogens is 286 g/mol. The van der Waals surface area contributed by atoms with Crippen LogP contribution in [-0.2, 0) is 17.8 Å². The summed E-state index contributed by atoms with van der Waals surface area (Å²) >= 11 is 1.27. The number of nitrogens with zero attached hydrogens (tertiary/aromatic N) is 3. The highest BCUT2D eigenvalue weighted by Crippen LogP contribution is 2.14. The van der Waals surface area contributed by atoms with Crippen LogP contribution < -0.4 is 5.73 Å². The molecule has 0 aliphatic carbocycles. The molecule has 21 heavy (non-hydrogen) atoms. The highest BCUT2D eigenvalue weighted by molar-refractivity contribution is 7.99. The number of thioether (sulfide) groups is 1. The first-order valence-electron chi connectivity index (χ1n) is 6.71. The van der Waals surface area contributed by atoms with E-state index in [2.05, 4.69) is 46.4 Å². The molecule has 1 aromatic carbocycles. The van der Waals surface area contributed by atoms with Crippen LogP contribution in [0, 0.1) is 0 Å². The lowest BCUT2D eigenvalue weighted by Crippen LogP contribution is -2.27. The van der Waals surface area contributed by atoms with Crippen LogP contribution in [0.4, 0.5) is 5.95 Å². The van der Waals surface area contributed by atoms with Crippen LogP contribution in [0.15, 0.2) is 29.4 Å². The molecule has 0 saturated carbocycles. The van der Waals surface area contributed by atoms with E-state index in [4.69, 9.17) is 5.73 Å². The molecule has 0 aliphatic rings. The second-order valence-corrected chi connectivity index (χ2v) is 5.65. The van der Waals surface area contributed by atoms with E-state index in [1.807, 2.05) is 0 Å². The number of hydrogen-bond acceptors (Lipinski definition) is 5. The molecule has 1 heterocycles. The summed E-state index contributed by atoms with van der Waals surface area (Å²) in [7, 11) is 1.79. The molecule has 112 valence electrons. The van der Waals surface area contributed by atoms with E-state index in [-0.39, 0.29) is 11.9 Å². The second-order valence-electron chi connectivity index (χ2n) is 4.71. The number of carbonyl (C=O) groups is 1. The number of nitrogen functional groups attached to an aromatic ring is 1. The monoisotopic (exact) mass is 305 g/mol. The lowest BCUT2D eigenvalue weighted by molar-refractivity contribution is -0.127. The number of carbonyl (C=O) groups excluding carboxylic acids is 1. The van der Waals surface area contributed by atoms with Gasteiger partial charge in [-0.25, -0.2) is 5.10 Å². The fourth-order valence-electron chi connectivity index (χ4n) is 1.80. The third kappa shape index (κ3) is 4.49. The van der Waals surface area contributed by atoms with Gasteiger partial charge in [-0.3, -0.25) is 4.79 Å². The Bertz CT molecular complexity index is 596. The number of hydrogen-bond donors (Lipinski definition) is 2. The summed E-state index contributed by atoms with van der Waals surface area (Å²) in [6, 6.07) is 8.31. The molecule has 1 amide bonds. The number of amides is 1. The van der Waals surface area contributed by atoms with Crippen molar-refractivity contribution in [2.75, 3.05) is 18.5 Å². The molecule has 0 atom stereocenters. The SMILES string of the molecule is CCc1ccc(CN(C)C(=O)CSc2n[nH]c(N)n2)cc1. The lowest BCUT2D eigenvalue weighted by Gasteiger charge is -2.16. The lowest BCUT2D eigenvalue weighted by atomic mass is 10.1. The first-order valence-corrected chi connectivity index (χ1v) is 7.69. The van der Waals surface area contributed by atoms with Gasteiger partial charge in [-0.1, -0.05) is 43.0 Å². The summed E-state index contributed by atoms with van der Waals surface area (Å²) < 4.78 is 0. The summed E-state index contributed by atoms with van der Waals surface area (Å²) in [6.07, 6.45) is 1.02. The van der Waals surface area contributed by atoms with Gasteiger partial charge in [-0.15, -0.1) is 5.10 Å². The molecule has 0 fully saturated rings. The van der Waals surface area contributed by atoms with Gasteiger partial charge < -0.3 is 10.6 Å². The Hall–Kier alpha value is -2.02. The molecule has 2 rings (SSSR count). The van der Waals surface area contributed by atoms with Crippen molar-refractivity contribution >= 4 is 23.6 Å². The van der Waals surface area contributed by atoms with E-state index < -0.39 is 0 Å². The topological polar surface area (TPSA) is 87.9 Å². The van der Waals surface area contributed by atoms with Gasteiger partial charge in [-0.2, -0.15) is 4.98 Å². The number of aryl methyl sites for hydroxylation is 1. The Morgan fingerprint density at radius 2 is 2.00 bits per heavy atom. The van der Waals surface area contributed by atoms with Crippen molar-refractivity contribution in [3.8, 4) is 0 Å². The smallest absolute Gasteiger partial charge is 0.233 e. The first kappa shape index (κ1) is 15.4. The predicted molar refractivity (Wildman–Crippen MR) is 83.8 cm³/mol. The van der Waals surface area contributed by atoms with Gasteiger partial charge in [0.25, 0.3) is 0 Å². The van der Waals surface area contributed by atoms with Crippen LogP contribution in [0.1, 0.15) is 18.1 Å². The molecule has 0 aliphatic heterocycles. The number of H-pyrrole nitrogens is 1. The number of nitrogens with two attached hydrogens (primary N) is 1. The van der Waals surface area contributed by atoms with E-state index in [1.165, 1.54) is 17.3 Å². The van der Waals surface area contributed by atoms with Gasteiger partial charge in [0.1, 0.15) is 0 Å². The summed E-state index contributed by atoms with van der Waals surface area (Å²) in [4.78, 5) is 17.7. The maximum Gasteiger partial charge on any atom is 0.233 e. The van der Waals surface area contributed by atoms with Crippen molar-refractivity contribution in [3.05, 3.63) is 35.4 Å². The maximum absolute atomic E-state index is 12.1. The molecule has 6 nitrogen and oxygen atoms in total. The molecule has 0 unspecified atom stereocenters. The van der Waals surface area contributed by atoms with Crippen LogP contribution in [0.3, 0.4) is 0 Å². The van der Waals surface area contributed by atoms with Crippen LogP contribution >= 0.6 is 11.8 Å². The van der Waals surface area contributed by atoms with Crippen molar-refractivity contribution in [1.82, 2.24) is 20.1 Å². The van der Waals surface area contributed by atoms with Crippen LogP contribution in [0.2, 0.25) is 0 Å². The zero-order valence-electron chi connectivity index (χ0n) is 12.2. The quantitative estimate of drug-likeness (QED) is 0.793. The summed E-state index contributed by atoms with van der Waals surface area (Å²) in [6.45, 7) is 2.72. The maximum atomic E-state index is 12.1. The van der Waals surface area contributed by atoms with Crippen LogP contribution in [-0.4, -0.2) is 38.8 Å². The molecule has 3 N–H and O–H groups in total. The van der Waals surface area contributed by atoms with Gasteiger partial charge in [0, 0.05) is 13.6 Å². The Kier molecular flexibility index (Phi) is 5.21. The summed E-state index contributed by atoms with van der Waals surface area (Å²) in [5.74, 6) is 0.582. The Morgan fingerprint density at radius 3 is 2.57 bits per heavy atom. The van der Waals surface area contributed by atoms with Gasteiger partial charge in [0.05, 0.1) is 5.75 Å². The molecule has 0 saturated heterocycles. The van der Waals surface area contributed by atoms with Crippen molar-refractivity contribution in [2.24, 2.45) is 0 Å². The third-order valence-electron chi connectivity index (χ3n) is 3.08. The van der Waals surface area contributed by atoms with E-state index in [0.717, 1.165) is 12.0 Å². The Labute approximate surface area is 128 Å². The van der Waals surface area contributed by atoms with Crippen LogP contribution in [0.5, 0.6) is 0 Å². The van der Waals surface area contributed by atoms with Gasteiger partial charge in [0.2, 0.25) is 17.0 Å². The minimum Gasteiger partial charge on any atom is -0.368 e. The largest absolute Gasteiger partial charge is 0.368 e. The number of benzene rings is 1. The number of anilines is 1. The number of nitrogens with one attached hydrogen (secondary N) is 1. The number of aromatic amines is 1. The Morgan fingerprint density at radius 1 is 1.33 bits per heavy atom. The molecule has 1 aromatic heterocycles. The molecule has 0 spiro atoms. The third-order valence-corrected chi connectivity index (χ3v) is 3.92. The van der Waals surface area contributed by atoms with E-state index in [0.29, 0.717) is 17.5 Å². The predicted octanol–water partition coefficient (Wildman–Crippen LogP) is 1.70. The Balaban J connectivity index is 1.83. The first-order chi connectivity index (χ1) is 10.1. The van der Waals surface area contributed by atoms with Crippen molar-refractivity contribution in [3.63, 3.8) is 0 Å². The number of aromatic nitrogens is 3. The standard InChI is InChI=1S/C14H19N5OS/c1-3-10-4-6-11(7-5-10)8-19(2)12(20)9-21-14-16-13(15)17-18-14/h4-7H,3,8-9H2,1-2H3,(H3,15,16,17,18). The fraction of sp³-hybridized carbons (Fsp3) is 0.357. The zero-order chi connectivity index (χ0) is 15.2. The van der Waals surface area contributed by atoms with Gasteiger partial charge in [0.15, 0.2) is 0 Å². The van der Waals surface area contributed by atoms with Gasteiger partial charge >= 0.3 is 0 Å². The zero-order valence-corrected chi connectivity index (χ0v) is 13.0. The fourth-order valence-corrected chi connectivity index (χ4v) is 2.55. The minimum atomic E-state index is 0.0305. The number of rotatable bonds is 6. The highest BCUT2D eigenvalue weighted by atomic mass is 32.2. The van der Waals surface area contributed by atoms with Crippen molar-refractivity contribution < 1.29 is 4.79 Å². The van der Waals surface area contributed by atoms with E-state index in [1.54, 1.807) is 11.9 Å². The molecular formula is C14H19N5OS. The minimum absolute atomic E-state index is 0.0305. The molecule has 0 bridgehead atoms. The van der Waals surface area contributed by atoms with Gasteiger partial charge in [-0.05, 0) is 17.5 Å². The molecule has 7 heteroatoms. The van der Waals surface area contributed by atoms with Crippen molar-refractivity contribution in [1.29, 1.82) is 0 Å². The molecule has 2 aromatic rings. The second kappa shape index (κ2) is 7.12. The summed E-state index contributed by atoms with van der Waals surface area (Å²) in [5.41, 5.74) is 7.85. The van der Waals surface area contributed by atoms with Crippen LogP contribution in [0.25, 0.3) is 0 Å². The average molecular weight is 305 g/mol. The molecule has 0 radical (unpaired) electrons. The normalized spacial score (nSPS) is 10.6. The van der Waals surface area contributed by atoms with Crippen molar-refractivity contribution in [2.45, 2.75) is 25.0 Å².